The van der Waals surface area contributed by atoms with Crippen molar-refractivity contribution in [3.05, 3.63) is 60.2 Å². The molecule has 88 valence electrons. The molecule has 0 amide bonds. The van der Waals surface area contributed by atoms with Crippen molar-refractivity contribution in [1.82, 2.24) is 0 Å². The highest BCUT2D eigenvalue weighted by molar-refractivity contribution is 5.98. The van der Waals surface area contributed by atoms with Gasteiger partial charge in [0.2, 0.25) is 0 Å². The lowest BCUT2D eigenvalue weighted by atomic mass is 10.2. The Hall–Kier alpha value is -2.00. The predicted octanol–water partition coefficient (Wildman–Crippen LogP) is 2.73. The molecule has 0 atom stereocenters. The number of benzene rings is 2. The van der Waals surface area contributed by atoms with Gasteiger partial charge >= 0.3 is 0 Å². The van der Waals surface area contributed by atoms with Gasteiger partial charge in [0.15, 0.2) is 0 Å². The second kappa shape index (κ2) is 5.92. The first kappa shape index (κ1) is 13.1. The van der Waals surface area contributed by atoms with Crippen LogP contribution in [0.15, 0.2) is 59.6 Å². The molecule has 2 aromatic carbocycles. The van der Waals surface area contributed by atoms with E-state index < -0.39 is 0 Å². The minimum absolute atomic E-state index is 0. The number of aliphatic imine (C=N–C) groups is 1. The lowest BCUT2D eigenvalue weighted by Crippen LogP contribution is -2.12. The van der Waals surface area contributed by atoms with Gasteiger partial charge in [0, 0.05) is 11.3 Å². The largest absolute Gasteiger partial charge is 0.399 e. The van der Waals surface area contributed by atoms with Crippen LogP contribution in [0.1, 0.15) is 5.56 Å². The standard InChI is InChI=1S/C13H13N3.ClH/c14-11-6-8-12(9-7-11)16-13(15)10-4-2-1-3-5-10;/h1-9H,14H2,(H2,15,16);1H. The molecule has 0 bridgehead atoms. The summed E-state index contributed by atoms with van der Waals surface area (Å²) in [5.74, 6) is 0.505. The smallest absolute Gasteiger partial charge is 0.131 e. The van der Waals surface area contributed by atoms with Gasteiger partial charge in [-0.25, -0.2) is 4.99 Å². The molecule has 3 nitrogen and oxygen atoms in total. The van der Waals surface area contributed by atoms with Crippen LogP contribution >= 0.6 is 12.4 Å². The van der Waals surface area contributed by atoms with Gasteiger partial charge in [0.1, 0.15) is 5.84 Å². The van der Waals surface area contributed by atoms with Crippen LogP contribution in [0.4, 0.5) is 11.4 Å². The summed E-state index contributed by atoms with van der Waals surface area (Å²) in [7, 11) is 0. The Morgan fingerprint density at radius 3 is 2.06 bits per heavy atom. The van der Waals surface area contributed by atoms with Crippen LogP contribution < -0.4 is 11.5 Å². The summed E-state index contributed by atoms with van der Waals surface area (Å²) in [6.45, 7) is 0. The normalized spacial score (nSPS) is 10.7. The molecule has 4 heteroatoms. The first-order chi connectivity index (χ1) is 7.75. The molecule has 4 N–H and O–H groups in total. The second-order valence-electron chi connectivity index (χ2n) is 3.45. The van der Waals surface area contributed by atoms with Gasteiger partial charge in [-0.1, -0.05) is 30.3 Å². The first-order valence-corrected chi connectivity index (χ1v) is 5.01. The molecule has 0 heterocycles. The summed E-state index contributed by atoms with van der Waals surface area (Å²) >= 11 is 0. The minimum atomic E-state index is 0. The molecule has 2 rings (SSSR count). The summed E-state index contributed by atoms with van der Waals surface area (Å²) in [5, 5.41) is 0. The van der Waals surface area contributed by atoms with Gasteiger partial charge in [0.25, 0.3) is 0 Å². The number of halogens is 1. The Kier molecular flexibility index (Phi) is 4.55. The summed E-state index contributed by atoms with van der Waals surface area (Å²) in [4.78, 5) is 4.31. The number of anilines is 1. The van der Waals surface area contributed by atoms with Crippen molar-refractivity contribution in [2.24, 2.45) is 10.7 Å². The summed E-state index contributed by atoms with van der Waals surface area (Å²) in [6.07, 6.45) is 0. The molecule has 0 aliphatic carbocycles. The van der Waals surface area contributed by atoms with Gasteiger partial charge in [-0.3, -0.25) is 0 Å². The van der Waals surface area contributed by atoms with Crippen molar-refractivity contribution < 1.29 is 0 Å². The fourth-order valence-electron chi connectivity index (χ4n) is 1.36. The van der Waals surface area contributed by atoms with E-state index in [2.05, 4.69) is 4.99 Å². The number of nitrogen functional groups attached to an aromatic ring is 1. The van der Waals surface area contributed by atoms with Crippen LogP contribution in [0, 0.1) is 0 Å². The SMILES string of the molecule is Cl.NC(=Nc1ccc(N)cc1)c1ccccc1. The Morgan fingerprint density at radius 1 is 0.882 bits per heavy atom. The third-order valence-corrected chi connectivity index (χ3v) is 2.21. The van der Waals surface area contributed by atoms with E-state index in [0.717, 1.165) is 16.9 Å². The van der Waals surface area contributed by atoms with Crippen molar-refractivity contribution in [1.29, 1.82) is 0 Å². The Balaban J connectivity index is 0.00000144. The van der Waals surface area contributed by atoms with Crippen molar-refractivity contribution in [3.8, 4) is 0 Å². The highest BCUT2D eigenvalue weighted by Gasteiger charge is 1.96. The molecule has 0 fully saturated rings. The molecule has 0 saturated carbocycles. The van der Waals surface area contributed by atoms with E-state index in [1.807, 2.05) is 42.5 Å². The zero-order chi connectivity index (χ0) is 11.4. The minimum Gasteiger partial charge on any atom is -0.399 e. The van der Waals surface area contributed by atoms with Crippen molar-refractivity contribution in [2.75, 3.05) is 5.73 Å². The summed E-state index contributed by atoms with van der Waals surface area (Å²) in [5.41, 5.74) is 13.9. The molecule has 0 saturated heterocycles. The van der Waals surface area contributed by atoms with Gasteiger partial charge in [0.05, 0.1) is 5.69 Å². The van der Waals surface area contributed by atoms with E-state index in [9.17, 15) is 0 Å². The Labute approximate surface area is 107 Å². The number of rotatable bonds is 2. The second-order valence-corrected chi connectivity index (χ2v) is 3.45. The lowest BCUT2D eigenvalue weighted by Gasteiger charge is -2.00. The number of nitrogens with two attached hydrogens (primary N) is 2. The Morgan fingerprint density at radius 2 is 1.47 bits per heavy atom. The van der Waals surface area contributed by atoms with Crippen LogP contribution in [0.5, 0.6) is 0 Å². The van der Waals surface area contributed by atoms with Gasteiger partial charge < -0.3 is 11.5 Å². The van der Waals surface area contributed by atoms with E-state index in [4.69, 9.17) is 11.5 Å². The van der Waals surface area contributed by atoms with E-state index >= 15 is 0 Å². The molecule has 0 aromatic heterocycles. The Bertz CT molecular complexity index is 492. The fraction of sp³-hybridized carbons (Fsp3) is 0. The van der Waals surface area contributed by atoms with E-state index in [1.54, 1.807) is 12.1 Å². The molecule has 0 radical (unpaired) electrons. The maximum Gasteiger partial charge on any atom is 0.131 e. The predicted molar refractivity (Wildman–Crippen MR) is 74.9 cm³/mol. The van der Waals surface area contributed by atoms with E-state index in [-0.39, 0.29) is 12.4 Å². The summed E-state index contributed by atoms with van der Waals surface area (Å²) < 4.78 is 0. The highest BCUT2D eigenvalue weighted by Crippen LogP contribution is 2.14. The number of amidine groups is 1. The van der Waals surface area contributed by atoms with Crippen molar-refractivity contribution in [2.45, 2.75) is 0 Å². The number of hydrogen-bond acceptors (Lipinski definition) is 2. The third-order valence-electron chi connectivity index (χ3n) is 2.21. The lowest BCUT2D eigenvalue weighted by molar-refractivity contribution is 1.45. The van der Waals surface area contributed by atoms with Crippen LogP contribution in [-0.2, 0) is 0 Å². The molecule has 17 heavy (non-hydrogen) atoms. The zero-order valence-corrected chi connectivity index (χ0v) is 10.0. The number of nitrogens with zero attached hydrogens (tertiary/aromatic N) is 1. The maximum absolute atomic E-state index is 5.88. The zero-order valence-electron chi connectivity index (χ0n) is 9.21. The molecule has 0 aliphatic heterocycles. The molecule has 0 aliphatic rings. The van der Waals surface area contributed by atoms with Gasteiger partial charge in [-0.2, -0.15) is 0 Å². The molecular formula is C13H14ClN3. The van der Waals surface area contributed by atoms with Gasteiger partial charge in [-0.05, 0) is 24.3 Å². The monoisotopic (exact) mass is 247 g/mol. The average molecular weight is 248 g/mol. The van der Waals surface area contributed by atoms with E-state index in [0.29, 0.717) is 5.84 Å². The maximum atomic E-state index is 5.88. The highest BCUT2D eigenvalue weighted by atomic mass is 35.5. The molecule has 0 spiro atoms. The topological polar surface area (TPSA) is 64.4 Å². The van der Waals surface area contributed by atoms with Crippen LogP contribution in [0.2, 0.25) is 0 Å². The van der Waals surface area contributed by atoms with E-state index in [1.165, 1.54) is 0 Å². The molecule has 0 unspecified atom stereocenters. The summed E-state index contributed by atoms with van der Waals surface area (Å²) in [6, 6.07) is 16.9. The van der Waals surface area contributed by atoms with Crippen LogP contribution in [0.3, 0.4) is 0 Å². The van der Waals surface area contributed by atoms with Crippen LogP contribution in [0.25, 0.3) is 0 Å². The van der Waals surface area contributed by atoms with Crippen molar-refractivity contribution in [3.63, 3.8) is 0 Å². The average Bonchev–Trinajstić information content (AvgIpc) is 2.33. The fourth-order valence-corrected chi connectivity index (χ4v) is 1.36. The van der Waals surface area contributed by atoms with Crippen molar-refractivity contribution >= 4 is 29.6 Å². The van der Waals surface area contributed by atoms with Gasteiger partial charge in [-0.15, -0.1) is 12.4 Å². The molecule has 2 aromatic rings. The number of hydrogen-bond donors (Lipinski definition) is 2. The first-order valence-electron chi connectivity index (χ1n) is 5.01. The quantitative estimate of drug-likeness (QED) is 0.487. The van der Waals surface area contributed by atoms with Crippen LogP contribution in [-0.4, -0.2) is 5.84 Å². The third kappa shape index (κ3) is 3.50. The molecular weight excluding hydrogens is 234 g/mol.